The molecule has 0 radical (unpaired) electrons. The number of pyridine rings is 1. The maximum atomic E-state index is 6.04. The molecule has 6 heteroatoms. The van der Waals surface area contributed by atoms with Gasteiger partial charge in [0.1, 0.15) is 22.9 Å². The van der Waals surface area contributed by atoms with Crippen LogP contribution in [0, 0.1) is 0 Å². The fraction of sp³-hybridized carbons (Fsp3) is 0.182. The van der Waals surface area contributed by atoms with Crippen LogP contribution in [-0.2, 0) is 0 Å². The Kier molecular flexibility index (Phi) is 3.39. The molecule has 0 aliphatic carbocycles. The molecule has 0 aliphatic heterocycles. The minimum Gasteiger partial charge on any atom is -0.492 e. The van der Waals surface area contributed by atoms with E-state index in [-0.39, 0.29) is 5.82 Å². The molecule has 0 atom stereocenters. The second kappa shape index (κ2) is 4.97. The van der Waals surface area contributed by atoms with Gasteiger partial charge in [-0.2, -0.15) is 0 Å². The summed E-state index contributed by atoms with van der Waals surface area (Å²) < 4.78 is 5.36. The highest BCUT2D eigenvalue weighted by atomic mass is 35.5. The van der Waals surface area contributed by atoms with Crippen LogP contribution in [0.25, 0.3) is 11.3 Å². The van der Waals surface area contributed by atoms with Crippen molar-refractivity contribution >= 4 is 17.4 Å². The molecule has 5 nitrogen and oxygen atoms in total. The molecule has 2 heterocycles. The molecule has 2 aromatic heterocycles. The summed E-state index contributed by atoms with van der Waals surface area (Å²) in [5.74, 6) is 0.914. The summed E-state index contributed by atoms with van der Waals surface area (Å²) >= 11 is 6.04. The molecule has 0 aromatic carbocycles. The van der Waals surface area contributed by atoms with Crippen LogP contribution < -0.4 is 10.5 Å². The van der Waals surface area contributed by atoms with Crippen molar-refractivity contribution in [2.75, 3.05) is 12.3 Å². The Hall–Kier alpha value is -1.88. The Labute approximate surface area is 104 Å². The summed E-state index contributed by atoms with van der Waals surface area (Å²) in [5.41, 5.74) is 6.91. The lowest BCUT2D eigenvalue weighted by Gasteiger charge is -2.07. The molecule has 0 fully saturated rings. The lowest BCUT2D eigenvalue weighted by molar-refractivity contribution is 0.339. The summed E-state index contributed by atoms with van der Waals surface area (Å²) in [6.07, 6.45) is 4.64. The van der Waals surface area contributed by atoms with Crippen molar-refractivity contribution in [3.63, 3.8) is 0 Å². The smallest absolute Gasteiger partial charge is 0.146 e. The molecule has 0 bridgehead atoms. The van der Waals surface area contributed by atoms with E-state index in [1.165, 1.54) is 6.33 Å². The second-order valence-electron chi connectivity index (χ2n) is 3.26. The normalized spacial score (nSPS) is 10.2. The standard InChI is InChI=1S/C11H11ClN4O/c1-2-17-8-3-7(4-14-5-8)10-9(12)11(13)16-6-15-10/h3-6H,2H2,1H3,(H2,13,15,16). The van der Waals surface area contributed by atoms with E-state index in [1.54, 1.807) is 12.4 Å². The number of halogens is 1. The number of aromatic nitrogens is 3. The average molecular weight is 251 g/mol. The number of nitrogens with zero attached hydrogens (tertiary/aromatic N) is 3. The molecule has 2 aromatic rings. The van der Waals surface area contributed by atoms with Gasteiger partial charge < -0.3 is 10.5 Å². The van der Waals surface area contributed by atoms with E-state index >= 15 is 0 Å². The Balaban J connectivity index is 2.45. The van der Waals surface area contributed by atoms with Gasteiger partial charge in [-0.25, -0.2) is 9.97 Å². The minimum absolute atomic E-state index is 0.249. The van der Waals surface area contributed by atoms with Crippen molar-refractivity contribution in [1.29, 1.82) is 0 Å². The van der Waals surface area contributed by atoms with Crippen molar-refractivity contribution in [3.05, 3.63) is 29.8 Å². The van der Waals surface area contributed by atoms with Gasteiger partial charge in [0.15, 0.2) is 0 Å². The Bertz CT molecular complexity index is 533. The van der Waals surface area contributed by atoms with Crippen LogP contribution in [0.1, 0.15) is 6.92 Å². The first-order valence-electron chi connectivity index (χ1n) is 5.06. The molecule has 0 saturated carbocycles. The predicted octanol–water partition coefficient (Wildman–Crippen LogP) is 2.17. The summed E-state index contributed by atoms with van der Waals surface area (Å²) in [6, 6.07) is 1.81. The van der Waals surface area contributed by atoms with Gasteiger partial charge in [-0.1, -0.05) is 11.6 Å². The van der Waals surface area contributed by atoms with Crippen molar-refractivity contribution in [2.24, 2.45) is 0 Å². The highest BCUT2D eigenvalue weighted by molar-refractivity contribution is 6.35. The largest absolute Gasteiger partial charge is 0.492 e. The number of ether oxygens (including phenoxy) is 1. The Morgan fingerprint density at radius 3 is 2.94 bits per heavy atom. The molecular formula is C11H11ClN4O. The molecule has 17 heavy (non-hydrogen) atoms. The SMILES string of the molecule is CCOc1cncc(-c2ncnc(N)c2Cl)c1. The van der Waals surface area contributed by atoms with Crippen molar-refractivity contribution in [1.82, 2.24) is 15.0 Å². The summed E-state index contributed by atoms with van der Waals surface area (Å²) in [6.45, 7) is 2.48. The van der Waals surface area contributed by atoms with Crippen LogP contribution in [-0.4, -0.2) is 21.6 Å². The number of anilines is 1. The second-order valence-corrected chi connectivity index (χ2v) is 3.64. The molecule has 0 saturated heterocycles. The quantitative estimate of drug-likeness (QED) is 0.904. The van der Waals surface area contributed by atoms with Gasteiger partial charge in [0.05, 0.1) is 18.5 Å². The number of rotatable bonds is 3. The van der Waals surface area contributed by atoms with Gasteiger partial charge in [0.25, 0.3) is 0 Å². The minimum atomic E-state index is 0.249. The number of nitrogens with two attached hydrogens (primary N) is 1. The third-order valence-electron chi connectivity index (χ3n) is 2.11. The van der Waals surface area contributed by atoms with E-state index < -0.39 is 0 Å². The highest BCUT2D eigenvalue weighted by Crippen LogP contribution is 2.29. The third-order valence-corrected chi connectivity index (χ3v) is 2.49. The van der Waals surface area contributed by atoms with Gasteiger partial charge in [0, 0.05) is 11.8 Å². The summed E-state index contributed by atoms with van der Waals surface area (Å²) in [5, 5.41) is 0.322. The molecular weight excluding hydrogens is 240 g/mol. The van der Waals surface area contributed by atoms with Gasteiger partial charge in [-0.15, -0.1) is 0 Å². The maximum Gasteiger partial charge on any atom is 0.146 e. The lowest BCUT2D eigenvalue weighted by Crippen LogP contribution is -1.97. The molecule has 0 unspecified atom stereocenters. The zero-order valence-electron chi connectivity index (χ0n) is 9.22. The monoisotopic (exact) mass is 250 g/mol. The van der Waals surface area contributed by atoms with Crippen molar-refractivity contribution in [2.45, 2.75) is 6.92 Å². The molecule has 88 valence electrons. The summed E-state index contributed by atoms with van der Waals surface area (Å²) in [4.78, 5) is 12.0. The van der Waals surface area contributed by atoms with Crippen LogP contribution in [0.5, 0.6) is 5.75 Å². The third kappa shape index (κ3) is 2.45. The average Bonchev–Trinajstić information content (AvgIpc) is 2.33. The Morgan fingerprint density at radius 2 is 2.18 bits per heavy atom. The van der Waals surface area contributed by atoms with E-state index in [2.05, 4.69) is 15.0 Å². The van der Waals surface area contributed by atoms with Gasteiger partial charge in [0.2, 0.25) is 0 Å². The van der Waals surface area contributed by atoms with E-state index in [0.29, 0.717) is 23.1 Å². The molecule has 0 spiro atoms. The molecule has 2 rings (SSSR count). The number of hydrogen-bond donors (Lipinski definition) is 1. The molecule has 2 N–H and O–H groups in total. The van der Waals surface area contributed by atoms with E-state index in [9.17, 15) is 0 Å². The first kappa shape index (κ1) is 11.6. The van der Waals surface area contributed by atoms with Gasteiger partial charge in [-0.05, 0) is 13.0 Å². The zero-order chi connectivity index (χ0) is 12.3. The van der Waals surface area contributed by atoms with E-state index in [4.69, 9.17) is 22.1 Å². The lowest BCUT2D eigenvalue weighted by atomic mass is 10.2. The molecule has 0 amide bonds. The van der Waals surface area contributed by atoms with Gasteiger partial charge in [-0.3, -0.25) is 4.98 Å². The fourth-order valence-electron chi connectivity index (χ4n) is 1.38. The van der Waals surface area contributed by atoms with Gasteiger partial charge >= 0.3 is 0 Å². The van der Waals surface area contributed by atoms with E-state index in [0.717, 1.165) is 5.56 Å². The predicted molar refractivity (Wildman–Crippen MR) is 65.9 cm³/mol. The first-order chi connectivity index (χ1) is 8.22. The number of nitrogen functional groups attached to an aromatic ring is 1. The molecule has 0 aliphatic rings. The highest BCUT2D eigenvalue weighted by Gasteiger charge is 2.10. The van der Waals surface area contributed by atoms with Crippen molar-refractivity contribution in [3.8, 4) is 17.0 Å². The maximum absolute atomic E-state index is 6.04. The van der Waals surface area contributed by atoms with E-state index in [1.807, 2.05) is 13.0 Å². The van der Waals surface area contributed by atoms with Crippen LogP contribution in [0.3, 0.4) is 0 Å². The van der Waals surface area contributed by atoms with Crippen LogP contribution >= 0.6 is 11.6 Å². The summed E-state index contributed by atoms with van der Waals surface area (Å²) in [7, 11) is 0. The Morgan fingerprint density at radius 1 is 1.35 bits per heavy atom. The van der Waals surface area contributed by atoms with Crippen LogP contribution in [0.15, 0.2) is 24.8 Å². The first-order valence-corrected chi connectivity index (χ1v) is 5.44. The fourth-order valence-corrected chi connectivity index (χ4v) is 1.59. The van der Waals surface area contributed by atoms with Crippen molar-refractivity contribution < 1.29 is 4.74 Å². The van der Waals surface area contributed by atoms with Crippen LogP contribution in [0.2, 0.25) is 5.02 Å². The van der Waals surface area contributed by atoms with Crippen LogP contribution in [0.4, 0.5) is 5.82 Å². The topological polar surface area (TPSA) is 73.9 Å². The number of hydrogen-bond acceptors (Lipinski definition) is 5. The zero-order valence-corrected chi connectivity index (χ0v) is 9.98.